The fourth-order valence-corrected chi connectivity index (χ4v) is 2.32. The van der Waals surface area contributed by atoms with E-state index in [1.54, 1.807) is 0 Å². The average molecular weight is 200 g/mol. The molecule has 1 N–H and O–H groups in total. The van der Waals surface area contributed by atoms with Crippen molar-refractivity contribution in [2.45, 2.75) is 66.9 Å². The van der Waals surface area contributed by atoms with Crippen LogP contribution in [0, 0.1) is 17.3 Å². The zero-order chi connectivity index (χ0) is 11.4. The minimum Gasteiger partial charge on any atom is -0.393 e. The Balaban J connectivity index is 3.88. The van der Waals surface area contributed by atoms with Crippen molar-refractivity contribution < 1.29 is 5.11 Å². The molecule has 3 unspecified atom stereocenters. The molecular formula is C13H28O. The van der Waals surface area contributed by atoms with E-state index in [-0.39, 0.29) is 6.10 Å². The van der Waals surface area contributed by atoms with Gasteiger partial charge in [0.2, 0.25) is 0 Å². The van der Waals surface area contributed by atoms with Crippen LogP contribution in [0.2, 0.25) is 0 Å². The van der Waals surface area contributed by atoms with Crippen LogP contribution in [0.25, 0.3) is 0 Å². The predicted molar refractivity (Wildman–Crippen MR) is 63.3 cm³/mol. The van der Waals surface area contributed by atoms with Gasteiger partial charge in [-0.1, -0.05) is 41.5 Å². The molecule has 0 aliphatic rings. The maximum absolute atomic E-state index is 9.67. The topological polar surface area (TPSA) is 20.2 Å². The predicted octanol–water partition coefficient (Wildman–Crippen LogP) is 3.86. The summed E-state index contributed by atoms with van der Waals surface area (Å²) in [6.45, 7) is 13.4. The third-order valence-electron chi connectivity index (χ3n) is 2.81. The van der Waals surface area contributed by atoms with Gasteiger partial charge >= 0.3 is 0 Å². The van der Waals surface area contributed by atoms with Crippen LogP contribution in [-0.2, 0) is 0 Å². The summed E-state index contributed by atoms with van der Waals surface area (Å²) in [5.74, 6) is 1.16. The van der Waals surface area contributed by atoms with Crippen LogP contribution in [0.4, 0.5) is 0 Å². The van der Waals surface area contributed by atoms with E-state index in [0.29, 0.717) is 17.3 Å². The third kappa shape index (κ3) is 6.42. The molecule has 0 radical (unpaired) electrons. The number of hydrogen-bond donors (Lipinski definition) is 1. The monoisotopic (exact) mass is 200 g/mol. The summed E-state index contributed by atoms with van der Waals surface area (Å²) in [5.41, 5.74) is 0.413. The molecule has 0 fully saturated rings. The zero-order valence-electron chi connectivity index (χ0n) is 10.8. The van der Waals surface area contributed by atoms with Crippen molar-refractivity contribution >= 4 is 0 Å². The lowest BCUT2D eigenvalue weighted by atomic mass is 9.81. The lowest BCUT2D eigenvalue weighted by Crippen LogP contribution is -2.21. The second-order valence-electron chi connectivity index (χ2n) is 6.06. The summed E-state index contributed by atoms with van der Waals surface area (Å²) in [4.78, 5) is 0. The van der Waals surface area contributed by atoms with E-state index in [4.69, 9.17) is 0 Å². The average Bonchev–Trinajstić information content (AvgIpc) is 1.99. The molecule has 1 heteroatoms. The SMILES string of the molecule is CCC(O)C(C)CC(C)CC(C)(C)C. The highest BCUT2D eigenvalue weighted by molar-refractivity contribution is 4.71. The lowest BCUT2D eigenvalue weighted by molar-refractivity contribution is 0.0944. The van der Waals surface area contributed by atoms with Gasteiger partial charge in [-0.05, 0) is 36.5 Å². The lowest BCUT2D eigenvalue weighted by Gasteiger charge is -2.26. The molecule has 0 aliphatic carbocycles. The van der Waals surface area contributed by atoms with Gasteiger partial charge in [0.1, 0.15) is 0 Å². The Morgan fingerprint density at radius 1 is 1.14 bits per heavy atom. The molecule has 86 valence electrons. The Morgan fingerprint density at radius 2 is 1.64 bits per heavy atom. The highest BCUT2D eigenvalue weighted by Gasteiger charge is 2.20. The first kappa shape index (κ1) is 14.0. The summed E-state index contributed by atoms with van der Waals surface area (Å²) in [6.07, 6.45) is 3.15. The third-order valence-corrected chi connectivity index (χ3v) is 2.81. The minimum atomic E-state index is -0.114. The molecule has 0 saturated heterocycles. The van der Waals surface area contributed by atoms with Gasteiger partial charge in [-0.3, -0.25) is 0 Å². The normalized spacial score (nSPS) is 19.1. The van der Waals surface area contributed by atoms with Crippen LogP contribution >= 0.6 is 0 Å². The Kier molecular flexibility index (Phi) is 5.73. The van der Waals surface area contributed by atoms with E-state index in [2.05, 4.69) is 41.5 Å². The highest BCUT2D eigenvalue weighted by atomic mass is 16.3. The fourth-order valence-electron chi connectivity index (χ4n) is 2.32. The highest BCUT2D eigenvalue weighted by Crippen LogP contribution is 2.29. The van der Waals surface area contributed by atoms with E-state index in [1.807, 2.05) is 0 Å². The van der Waals surface area contributed by atoms with Crippen molar-refractivity contribution in [1.29, 1.82) is 0 Å². The number of aliphatic hydroxyl groups is 1. The second-order valence-corrected chi connectivity index (χ2v) is 6.06. The van der Waals surface area contributed by atoms with Crippen LogP contribution < -0.4 is 0 Å². The minimum absolute atomic E-state index is 0.114. The van der Waals surface area contributed by atoms with E-state index in [0.717, 1.165) is 12.8 Å². The summed E-state index contributed by atoms with van der Waals surface area (Å²) in [5, 5.41) is 9.67. The number of hydrogen-bond acceptors (Lipinski definition) is 1. The van der Waals surface area contributed by atoms with Gasteiger partial charge in [0.15, 0.2) is 0 Å². The first-order valence-electron chi connectivity index (χ1n) is 5.94. The van der Waals surface area contributed by atoms with Crippen molar-refractivity contribution in [3.8, 4) is 0 Å². The smallest absolute Gasteiger partial charge is 0.0563 e. The van der Waals surface area contributed by atoms with Gasteiger partial charge in [-0.25, -0.2) is 0 Å². The summed E-state index contributed by atoms with van der Waals surface area (Å²) in [7, 11) is 0. The van der Waals surface area contributed by atoms with Crippen LogP contribution in [0.1, 0.15) is 60.8 Å². The molecule has 0 aromatic carbocycles. The number of rotatable bonds is 5. The van der Waals surface area contributed by atoms with Gasteiger partial charge in [0.05, 0.1) is 6.10 Å². The van der Waals surface area contributed by atoms with E-state index in [1.165, 1.54) is 6.42 Å². The molecule has 0 heterocycles. The Hall–Kier alpha value is -0.0400. The van der Waals surface area contributed by atoms with Gasteiger partial charge in [-0.15, -0.1) is 0 Å². The van der Waals surface area contributed by atoms with Crippen LogP contribution in [0.3, 0.4) is 0 Å². The molecule has 0 rings (SSSR count). The molecule has 0 bridgehead atoms. The Bertz CT molecular complexity index is 146. The van der Waals surface area contributed by atoms with Crippen molar-refractivity contribution in [2.24, 2.45) is 17.3 Å². The van der Waals surface area contributed by atoms with Crippen LogP contribution in [0.15, 0.2) is 0 Å². The van der Waals surface area contributed by atoms with Gasteiger partial charge in [-0.2, -0.15) is 0 Å². The summed E-state index contributed by atoms with van der Waals surface area (Å²) in [6, 6.07) is 0. The maximum atomic E-state index is 9.67. The molecule has 1 nitrogen and oxygen atoms in total. The fraction of sp³-hybridized carbons (Fsp3) is 1.00. The molecule has 0 aliphatic heterocycles. The van der Waals surface area contributed by atoms with Gasteiger partial charge in [0.25, 0.3) is 0 Å². The molecule has 0 saturated carbocycles. The first-order valence-corrected chi connectivity index (χ1v) is 5.94. The number of aliphatic hydroxyl groups excluding tert-OH is 1. The Labute approximate surface area is 89.9 Å². The quantitative estimate of drug-likeness (QED) is 0.714. The van der Waals surface area contributed by atoms with E-state index >= 15 is 0 Å². The largest absolute Gasteiger partial charge is 0.393 e. The zero-order valence-corrected chi connectivity index (χ0v) is 10.8. The van der Waals surface area contributed by atoms with Gasteiger partial charge < -0.3 is 5.11 Å². The molecular weight excluding hydrogens is 172 g/mol. The molecule has 3 atom stereocenters. The second kappa shape index (κ2) is 5.75. The van der Waals surface area contributed by atoms with Crippen molar-refractivity contribution in [1.82, 2.24) is 0 Å². The van der Waals surface area contributed by atoms with Gasteiger partial charge in [0, 0.05) is 0 Å². The van der Waals surface area contributed by atoms with Crippen molar-refractivity contribution in [3.05, 3.63) is 0 Å². The van der Waals surface area contributed by atoms with Crippen LogP contribution in [-0.4, -0.2) is 11.2 Å². The van der Waals surface area contributed by atoms with E-state index < -0.39 is 0 Å². The molecule has 0 aromatic heterocycles. The van der Waals surface area contributed by atoms with E-state index in [9.17, 15) is 5.11 Å². The van der Waals surface area contributed by atoms with Crippen LogP contribution in [0.5, 0.6) is 0 Å². The standard InChI is InChI=1S/C13H28O/c1-7-12(14)11(3)8-10(2)9-13(4,5)6/h10-12,14H,7-9H2,1-6H3. The first-order chi connectivity index (χ1) is 6.26. The molecule has 14 heavy (non-hydrogen) atoms. The molecule has 0 spiro atoms. The summed E-state index contributed by atoms with van der Waals surface area (Å²) < 4.78 is 0. The maximum Gasteiger partial charge on any atom is 0.0563 e. The van der Waals surface area contributed by atoms with Crippen molar-refractivity contribution in [2.75, 3.05) is 0 Å². The summed E-state index contributed by atoms with van der Waals surface area (Å²) >= 11 is 0. The molecule has 0 amide bonds. The molecule has 0 aromatic rings. The van der Waals surface area contributed by atoms with Crippen molar-refractivity contribution in [3.63, 3.8) is 0 Å². The Morgan fingerprint density at radius 3 is 2.00 bits per heavy atom.